The number of nitrogens with two attached hydrogens (primary N) is 1. The van der Waals surface area contributed by atoms with Crippen LogP contribution in [0.25, 0.3) is 0 Å². The molecule has 2 aromatic rings. The van der Waals surface area contributed by atoms with E-state index < -0.39 is 0 Å². The largest absolute Gasteiger partial charge is 0.399 e. The van der Waals surface area contributed by atoms with Crippen LogP contribution < -0.4 is 5.73 Å². The van der Waals surface area contributed by atoms with Crippen LogP contribution in [0.5, 0.6) is 0 Å². The van der Waals surface area contributed by atoms with E-state index in [1.54, 1.807) is 0 Å². The minimum absolute atomic E-state index is 0.000920. The Morgan fingerprint density at radius 2 is 1.88 bits per heavy atom. The van der Waals surface area contributed by atoms with Crippen LogP contribution in [0.15, 0.2) is 48.5 Å². The predicted octanol–water partition coefficient (Wildman–Crippen LogP) is 5.29. The zero-order valence-electron chi connectivity index (χ0n) is 15.5. The monoisotopic (exact) mass is 337 g/mol. The molecule has 1 aliphatic carbocycles. The van der Waals surface area contributed by atoms with Gasteiger partial charge in [-0.25, -0.2) is 0 Å². The van der Waals surface area contributed by atoms with Crippen LogP contribution in [0, 0.1) is 5.41 Å². The van der Waals surface area contributed by atoms with Crippen molar-refractivity contribution in [1.29, 1.82) is 0 Å². The van der Waals surface area contributed by atoms with Crippen LogP contribution in [0.3, 0.4) is 0 Å². The van der Waals surface area contributed by atoms with Gasteiger partial charge in [0, 0.05) is 11.6 Å². The van der Waals surface area contributed by atoms with Crippen LogP contribution in [0.2, 0.25) is 0 Å². The third kappa shape index (κ3) is 3.46. The first-order valence-electron chi connectivity index (χ1n) is 9.72. The lowest BCUT2D eigenvalue weighted by Gasteiger charge is -2.40. The Morgan fingerprint density at radius 1 is 1.12 bits per heavy atom. The van der Waals surface area contributed by atoms with E-state index in [0.29, 0.717) is 0 Å². The second kappa shape index (κ2) is 7.61. The van der Waals surface area contributed by atoms with E-state index in [4.69, 9.17) is 5.73 Å². The van der Waals surface area contributed by atoms with Crippen LogP contribution in [-0.4, -0.2) is 11.2 Å². The molecule has 0 aliphatic heterocycles. The van der Waals surface area contributed by atoms with Gasteiger partial charge in [-0.05, 0) is 59.9 Å². The van der Waals surface area contributed by atoms with Gasteiger partial charge in [-0.3, -0.25) is 0 Å². The summed E-state index contributed by atoms with van der Waals surface area (Å²) >= 11 is 0. The second-order valence-electron chi connectivity index (χ2n) is 7.61. The minimum atomic E-state index is -0.380. The molecule has 3 rings (SSSR count). The molecular weight excluding hydrogens is 306 g/mol. The summed E-state index contributed by atoms with van der Waals surface area (Å²) in [5.41, 5.74) is 10.6. The highest BCUT2D eigenvalue weighted by Gasteiger charge is 2.43. The van der Waals surface area contributed by atoms with Gasteiger partial charge >= 0.3 is 0 Å². The van der Waals surface area contributed by atoms with Crippen molar-refractivity contribution in [1.82, 2.24) is 0 Å². The lowest BCUT2D eigenvalue weighted by atomic mass is 9.67. The highest BCUT2D eigenvalue weighted by atomic mass is 16.3. The quantitative estimate of drug-likeness (QED) is 0.575. The van der Waals surface area contributed by atoms with Gasteiger partial charge in [0.1, 0.15) is 0 Å². The zero-order chi connectivity index (χ0) is 17.9. The molecule has 1 aliphatic rings. The maximum Gasteiger partial charge on any atom is 0.0705 e. The molecule has 3 N–H and O–H groups in total. The van der Waals surface area contributed by atoms with Gasteiger partial charge < -0.3 is 10.8 Å². The van der Waals surface area contributed by atoms with Gasteiger partial charge in [0.25, 0.3) is 0 Å². The van der Waals surface area contributed by atoms with Crippen LogP contribution >= 0.6 is 0 Å². The molecule has 0 amide bonds. The maximum absolute atomic E-state index is 11.6. The number of unbranched alkanes of at least 4 members (excludes halogenated alkanes) is 1. The van der Waals surface area contributed by atoms with Gasteiger partial charge in [0.05, 0.1) is 6.10 Å². The van der Waals surface area contributed by atoms with Crippen molar-refractivity contribution in [2.45, 2.75) is 64.4 Å². The molecule has 0 heterocycles. The van der Waals surface area contributed by atoms with E-state index in [0.717, 1.165) is 31.4 Å². The summed E-state index contributed by atoms with van der Waals surface area (Å²) in [5.74, 6) is -0.000920. The van der Waals surface area contributed by atoms with Crippen LogP contribution in [0.4, 0.5) is 5.69 Å². The number of rotatable bonds is 5. The highest BCUT2D eigenvalue weighted by Crippen LogP contribution is 2.49. The van der Waals surface area contributed by atoms with Crippen molar-refractivity contribution in [2.75, 3.05) is 5.73 Å². The standard InChI is InChI=1S/C23H31NO/c1-3-5-14-23(4-2)15-13-17-11-12-19(24)16-20(17)21(22(23)25)18-9-7-6-8-10-18/h6-12,16,21-22,25H,3-5,13-15,24H2,1-2H3/t21-,22-,23-/m1/s1. The summed E-state index contributed by atoms with van der Waals surface area (Å²) in [6, 6.07) is 16.7. The van der Waals surface area contributed by atoms with Gasteiger partial charge in [-0.2, -0.15) is 0 Å². The third-order valence-electron chi connectivity index (χ3n) is 6.23. The van der Waals surface area contributed by atoms with Crippen LogP contribution in [0.1, 0.15) is 68.6 Å². The first kappa shape index (κ1) is 18.0. The van der Waals surface area contributed by atoms with Gasteiger partial charge in [0.2, 0.25) is 0 Å². The molecule has 0 aromatic heterocycles. The number of fused-ring (bicyclic) bond motifs is 1. The van der Waals surface area contributed by atoms with Gasteiger partial charge in [-0.1, -0.05) is 63.1 Å². The van der Waals surface area contributed by atoms with Crippen LogP contribution in [-0.2, 0) is 6.42 Å². The number of aliphatic hydroxyl groups is 1. The van der Waals surface area contributed by atoms with Gasteiger partial charge in [0.15, 0.2) is 0 Å². The Labute approximate surface area is 152 Å². The molecule has 0 fully saturated rings. The Hall–Kier alpha value is -1.80. The van der Waals surface area contributed by atoms with E-state index in [2.05, 4.69) is 50.2 Å². The highest BCUT2D eigenvalue weighted by molar-refractivity contribution is 5.50. The lowest BCUT2D eigenvalue weighted by Crippen LogP contribution is -2.38. The summed E-state index contributed by atoms with van der Waals surface area (Å²) in [5, 5.41) is 11.6. The van der Waals surface area contributed by atoms with Crippen molar-refractivity contribution < 1.29 is 5.11 Å². The van der Waals surface area contributed by atoms with E-state index in [9.17, 15) is 5.11 Å². The molecule has 134 valence electrons. The molecule has 0 saturated carbocycles. The number of nitrogen functional groups attached to an aromatic ring is 1. The molecule has 0 radical (unpaired) electrons. The molecule has 2 heteroatoms. The first-order chi connectivity index (χ1) is 12.1. The maximum atomic E-state index is 11.6. The number of aryl methyl sites for hydroxylation is 1. The summed E-state index contributed by atoms with van der Waals surface area (Å²) in [6.07, 6.45) is 6.14. The predicted molar refractivity (Wildman–Crippen MR) is 106 cm³/mol. The Kier molecular flexibility index (Phi) is 5.48. The summed E-state index contributed by atoms with van der Waals surface area (Å²) in [6.45, 7) is 4.47. The molecule has 2 aromatic carbocycles. The van der Waals surface area contributed by atoms with E-state index in [1.807, 2.05) is 12.1 Å². The summed E-state index contributed by atoms with van der Waals surface area (Å²) in [7, 11) is 0. The number of hydrogen-bond acceptors (Lipinski definition) is 2. The number of aliphatic hydroxyl groups excluding tert-OH is 1. The van der Waals surface area contributed by atoms with Gasteiger partial charge in [-0.15, -0.1) is 0 Å². The molecule has 0 unspecified atom stereocenters. The van der Waals surface area contributed by atoms with Crippen molar-refractivity contribution in [2.24, 2.45) is 5.41 Å². The average Bonchev–Trinajstić information content (AvgIpc) is 2.75. The number of anilines is 1. The Balaban J connectivity index is 2.13. The molecule has 0 saturated heterocycles. The molecule has 25 heavy (non-hydrogen) atoms. The topological polar surface area (TPSA) is 46.2 Å². The Morgan fingerprint density at radius 3 is 2.56 bits per heavy atom. The molecule has 2 nitrogen and oxygen atoms in total. The lowest BCUT2D eigenvalue weighted by molar-refractivity contribution is -0.00155. The second-order valence-corrected chi connectivity index (χ2v) is 7.61. The fraction of sp³-hybridized carbons (Fsp3) is 0.478. The first-order valence-corrected chi connectivity index (χ1v) is 9.72. The number of hydrogen-bond donors (Lipinski definition) is 2. The summed E-state index contributed by atoms with van der Waals surface area (Å²) < 4.78 is 0. The van der Waals surface area contributed by atoms with Crippen molar-refractivity contribution in [3.05, 3.63) is 65.2 Å². The molecular formula is C23H31NO. The third-order valence-corrected chi connectivity index (χ3v) is 6.23. The molecule has 0 spiro atoms. The molecule has 0 bridgehead atoms. The van der Waals surface area contributed by atoms with Crippen molar-refractivity contribution in [3.63, 3.8) is 0 Å². The van der Waals surface area contributed by atoms with E-state index in [-0.39, 0.29) is 17.4 Å². The molecule has 3 atom stereocenters. The summed E-state index contributed by atoms with van der Waals surface area (Å²) in [4.78, 5) is 0. The minimum Gasteiger partial charge on any atom is -0.399 e. The fourth-order valence-corrected chi connectivity index (χ4v) is 4.57. The zero-order valence-corrected chi connectivity index (χ0v) is 15.5. The SMILES string of the molecule is CCCC[C@]1(CC)CCc2ccc(N)cc2[C@@H](c2ccccc2)[C@H]1O. The van der Waals surface area contributed by atoms with Crippen molar-refractivity contribution in [3.8, 4) is 0 Å². The normalized spacial score (nSPS) is 26.0. The Bertz CT molecular complexity index is 696. The van der Waals surface area contributed by atoms with Crippen molar-refractivity contribution >= 4 is 5.69 Å². The number of benzene rings is 2. The average molecular weight is 338 g/mol. The van der Waals surface area contributed by atoms with E-state index in [1.165, 1.54) is 29.5 Å². The fourth-order valence-electron chi connectivity index (χ4n) is 4.57. The van der Waals surface area contributed by atoms with E-state index >= 15 is 0 Å². The smallest absolute Gasteiger partial charge is 0.0705 e.